The third kappa shape index (κ3) is 1.80. The molecule has 0 radical (unpaired) electrons. The summed E-state index contributed by atoms with van der Waals surface area (Å²) < 4.78 is 6.29. The number of rotatable bonds is 1. The van der Waals surface area contributed by atoms with Crippen LogP contribution in [0.15, 0.2) is 24.3 Å². The van der Waals surface area contributed by atoms with E-state index in [2.05, 4.69) is 41.2 Å². The standard InChI is InChI=1S/C19H17N3O2S/c1-22-7-6-9-4-3-5-10-13(9)12(22)8-11-14(10)16(23)17(24-2)18-15(11)21-19(20)25-18/h3-5,8,23H,6-7H2,1-2H3,(H2,20,21). The number of fused-ring (bicyclic) bond motifs is 4. The van der Waals surface area contributed by atoms with Gasteiger partial charge in [0, 0.05) is 35.4 Å². The van der Waals surface area contributed by atoms with Gasteiger partial charge in [-0.25, -0.2) is 4.98 Å². The van der Waals surface area contributed by atoms with Crippen LogP contribution in [0.1, 0.15) is 5.56 Å². The Labute approximate surface area is 148 Å². The van der Waals surface area contributed by atoms with Crippen LogP contribution in [0.2, 0.25) is 0 Å². The van der Waals surface area contributed by atoms with Crippen molar-refractivity contribution in [3.05, 3.63) is 29.8 Å². The summed E-state index contributed by atoms with van der Waals surface area (Å²) in [5, 5.41) is 15.4. The van der Waals surface area contributed by atoms with Gasteiger partial charge in [0.2, 0.25) is 0 Å². The van der Waals surface area contributed by atoms with Crippen LogP contribution < -0.4 is 15.4 Å². The van der Waals surface area contributed by atoms with E-state index in [1.165, 1.54) is 28.0 Å². The number of aromatic nitrogens is 1. The van der Waals surface area contributed by atoms with E-state index in [0.29, 0.717) is 10.9 Å². The molecule has 1 aliphatic heterocycles. The summed E-state index contributed by atoms with van der Waals surface area (Å²) in [4.78, 5) is 6.79. The van der Waals surface area contributed by atoms with Crippen molar-refractivity contribution >= 4 is 53.9 Å². The maximum atomic E-state index is 11.0. The number of nitrogens with two attached hydrogens (primary N) is 1. The molecule has 0 aliphatic carbocycles. The van der Waals surface area contributed by atoms with Gasteiger partial charge in [-0.2, -0.15) is 0 Å². The maximum absolute atomic E-state index is 11.0. The predicted octanol–water partition coefficient (Wildman–Crippen LogP) is 3.89. The Morgan fingerprint density at radius 3 is 2.92 bits per heavy atom. The summed E-state index contributed by atoms with van der Waals surface area (Å²) in [7, 11) is 3.67. The van der Waals surface area contributed by atoms with Crippen molar-refractivity contribution in [2.45, 2.75) is 6.42 Å². The third-order valence-electron chi connectivity index (χ3n) is 5.12. The van der Waals surface area contributed by atoms with E-state index < -0.39 is 0 Å². The highest BCUT2D eigenvalue weighted by atomic mass is 32.1. The number of aromatic hydroxyl groups is 1. The summed E-state index contributed by atoms with van der Waals surface area (Å²) in [6, 6.07) is 8.40. The molecule has 0 saturated carbocycles. The van der Waals surface area contributed by atoms with Crippen LogP contribution in [0, 0.1) is 0 Å². The monoisotopic (exact) mass is 351 g/mol. The lowest BCUT2D eigenvalue weighted by atomic mass is 9.91. The topological polar surface area (TPSA) is 71.6 Å². The fraction of sp³-hybridized carbons (Fsp3) is 0.211. The van der Waals surface area contributed by atoms with E-state index in [1.54, 1.807) is 7.11 Å². The number of nitrogens with zero attached hydrogens (tertiary/aromatic N) is 2. The molecule has 6 heteroatoms. The Balaban J connectivity index is 2.11. The molecule has 0 spiro atoms. The number of benzene rings is 3. The Hall–Kier alpha value is -2.73. The van der Waals surface area contributed by atoms with Crippen molar-refractivity contribution in [2.75, 3.05) is 31.3 Å². The predicted molar refractivity (Wildman–Crippen MR) is 104 cm³/mol. The average Bonchev–Trinajstić information content (AvgIpc) is 2.99. The van der Waals surface area contributed by atoms with E-state index in [4.69, 9.17) is 10.5 Å². The first-order chi connectivity index (χ1) is 12.1. The highest BCUT2D eigenvalue weighted by molar-refractivity contribution is 7.22. The molecule has 0 bridgehead atoms. The van der Waals surface area contributed by atoms with Crippen molar-refractivity contribution in [1.29, 1.82) is 0 Å². The molecule has 5 rings (SSSR count). The van der Waals surface area contributed by atoms with Crippen LogP contribution >= 0.6 is 11.3 Å². The van der Waals surface area contributed by atoms with Crippen molar-refractivity contribution in [3.8, 4) is 11.5 Å². The van der Waals surface area contributed by atoms with E-state index in [9.17, 15) is 5.11 Å². The minimum absolute atomic E-state index is 0.158. The van der Waals surface area contributed by atoms with Crippen molar-refractivity contribution in [2.24, 2.45) is 0 Å². The second kappa shape index (κ2) is 4.89. The number of hydrogen-bond donors (Lipinski definition) is 2. The molecule has 2 heterocycles. The van der Waals surface area contributed by atoms with Crippen molar-refractivity contribution in [1.82, 2.24) is 4.98 Å². The van der Waals surface area contributed by atoms with Gasteiger partial charge in [0.1, 0.15) is 4.70 Å². The molecule has 1 aliphatic rings. The lowest BCUT2D eigenvalue weighted by Gasteiger charge is -2.28. The van der Waals surface area contributed by atoms with Gasteiger partial charge >= 0.3 is 0 Å². The molecule has 3 aromatic carbocycles. The van der Waals surface area contributed by atoms with Crippen LogP contribution in [0.4, 0.5) is 10.8 Å². The molecule has 4 aromatic rings. The zero-order chi connectivity index (χ0) is 17.3. The SMILES string of the molecule is COc1c(O)c2c3cccc4c3c(cc2c2nc(N)sc12)N(C)CC4. The molecular weight excluding hydrogens is 334 g/mol. The zero-order valence-electron chi connectivity index (χ0n) is 14.0. The summed E-state index contributed by atoms with van der Waals surface area (Å²) in [5.74, 6) is 0.604. The van der Waals surface area contributed by atoms with Gasteiger partial charge in [-0.15, -0.1) is 0 Å². The highest BCUT2D eigenvalue weighted by Crippen LogP contribution is 2.50. The number of methoxy groups -OCH3 is 1. The Morgan fingerprint density at radius 2 is 2.12 bits per heavy atom. The molecule has 0 amide bonds. The molecule has 25 heavy (non-hydrogen) atoms. The van der Waals surface area contributed by atoms with Gasteiger partial charge in [-0.05, 0) is 23.4 Å². The molecule has 3 N–H and O–H groups in total. The molecule has 0 saturated heterocycles. The summed E-state index contributed by atoms with van der Waals surface area (Å²) in [5.41, 5.74) is 9.22. The molecule has 126 valence electrons. The minimum Gasteiger partial charge on any atom is -0.504 e. The minimum atomic E-state index is 0.158. The first-order valence-electron chi connectivity index (χ1n) is 8.14. The van der Waals surface area contributed by atoms with E-state index >= 15 is 0 Å². The molecule has 0 unspecified atom stereocenters. The number of phenols is 1. The molecule has 0 fully saturated rings. The number of ether oxygens (including phenoxy) is 1. The number of phenolic OH excluding ortho intramolecular Hbond substituents is 1. The fourth-order valence-electron chi connectivity index (χ4n) is 3.98. The first kappa shape index (κ1) is 14.6. The van der Waals surface area contributed by atoms with Gasteiger partial charge in [0.05, 0.1) is 12.6 Å². The Bertz CT molecular complexity index is 1180. The Morgan fingerprint density at radius 1 is 1.28 bits per heavy atom. The molecule has 5 nitrogen and oxygen atoms in total. The van der Waals surface area contributed by atoms with Crippen LogP contribution in [0.25, 0.3) is 31.8 Å². The fourth-order valence-corrected chi connectivity index (χ4v) is 4.85. The lowest BCUT2D eigenvalue weighted by molar-refractivity contribution is 0.381. The Kier molecular flexibility index (Phi) is 2.86. The van der Waals surface area contributed by atoms with Crippen LogP contribution in [-0.4, -0.2) is 30.8 Å². The normalized spacial score (nSPS) is 13.9. The van der Waals surface area contributed by atoms with E-state index in [1.807, 2.05) is 0 Å². The number of hydrogen-bond acceptors (Lipinski definition) is 6. The number of anilines is 2. The van der Waals surface area contributed by atoms with Crippen LogP contribution in [0.3, 0.4) is 0 Å². The second-order valence-corrected chi connectivity index (χ2v) is 7.47. The lowest BCUT2D eigenvalue weighted by Crippen LogP contribution is -2.24. The van der Waals surface area contributed by atoms with Gasteiger partial charge in [0.15, 0.2) is 16.6 Å². The summed E-state index contributed by atoms with van der Waals surface area (Å²) in [6.07, 6.45) is 0.996. The zero-order valence-corrected chi connectivity index (χ0v) is 14.8. The number of likely N-dealkylation sites (N-methyl/N-ethyl adjacent to an activating group) is 1. The van der Waals surface area contributed by atoms with E-state index in [-0.39, 0.29) is 5.75 Å². The average molecular weight is 351 g/mol. The largest absolute Gasteiger partial charge is 0.504 e. The second-order valence-electron chi connectivity index (χ2n) is 6.44. The van der Waals surface area contributed by atoms with Gasteiger partial charge in [0.25, 0.3) is 0 Å². The first-order valence-corrected chi connectivity index (χ1v) is 8.96. The number of nitrogen functional groups attached to an aromatic ring is 1. The summed E-state index contributed by atoms with van der Waals surface area (Å²) >= 11 is 1.34. The van der Waals surface area contributed by atoms with Gasteiger partial charge < -0.3 is 20.5 Å². The third-order valence-corrected chi connectivity index (χ3v) is 6.00. The summed E-state index contributed by atoms with van der Waals surface area (Å²) in [6.45, 7) is 0.974. The van der Waals surface area contributed by atoms with E-state index in [0.717, 1.165) is 39.3 Å². The van der Waals surface area contributed by atoms with Crippen molar-refractivity contribution < 1.29 is 9.84 Å². The molecular formula is C19H17N3O2S. The number of thiazole rings is 1. The van der Waals surface area contributed by atoms with Crippen LogP contribution in [-0.2, 0) is 6.42 Å². The molecule has 0 atom stereocenters. The van der Waals surface area contributed by atoms with Crippen molar-refractivity contribution in [3.63, 3.8) is 0 Å². The molecule has 1 aromatic heterocycles. The van der Waals surface area contributed by atoms with Gasteiger partial charge in [-0.1, -0.05) is 29.5 Å². The van der Waals surface area contributed by atoms with Crippen LogP contribution in [0.5, 0.6) is 11.5 Å². The smallest absolute Gasteiger partial charge is 0.181 e. The highest BCUT2D eigenvalue weighted by Gasteiger charge is 2.24. The quantitative estimate of drug-likeness (QED) is 0.509. The van der Waals surface area contributed by atoms with Gasteiger partial charge in [-0.3, -0.25) is 0 Å². The maximum Gasteiger partial charge on any atom is 0.181 e.